The molecule has 0 saturated carbocycles. The van der Waals surface area contributed by atoms with E-state index in [0.717, 1.165) is 36.3 Å². The molecule has 0 saturated heterocycles. The van der Waals surface area contributed by atoms with E-state index in [1.165, 1.54) is 6.07 Å². The van der Waals surface area contributed by atoms with Crippen molar-refractivity contribution in [3.05, 3.63) is 64.7 Å². The van der Waals surface area contributed by atoms with Crippen LogP contribution in [0.2, 0.25) is 0 Å². The van der Waals surface area contributed by atoms with Gasteiger partial charge in [-0.25, -0.2) is 8.78 Å². The van der Waals surface area contributed by atoms with Gasteiger partial charge in [0, 0.05) is 0 Å². The average Bonchev–Trinajstić information content (AvgIpc) is 2.49. The monoisotopic (exact) mass is 276 g/mol. The number of ether oxygens (including phenoxy) is 1. The van der Waals surface area contributed by atoms with E-state index >= 15 is 0 Å². The van der Waals surface area contributed by atoms with E-state index in [9.17, 15) is 13.9 Å². The molecule has 0 amide bonds. The van der Waals surface area contributed by atoms with Crippen molar-refractivity contribution in [2.45, 2.75) is 18.9 Å². The summed E-state index contributed by atoms with van der Waals surface area (Å²) >= 11 is 0. The topological polar surface area (TPSA) is 29.5 Å². The Labute approximate surface area is 115 Å². The van der Waals surface area contributed by atoms with Gasteiger partial charge < -0.3 is 9.84 Å². The minimum atomic E-state index is -0.975. The average molecular weight is 276 g/mol. The van der Waals surface area contributed by atoms with Gasteiger partial charge in [-0.3, -0.25) is 0 Å². The normalized spacial score (nSPS) is 15.3. The molecule has 104 valence electrons. The predicted octanol–water partition coefficient (Wildman–Crippen LogP) is 3.37. The molecule has 2 aromatic carbocycles. The van der Waals surface area contributed by atoms with E-state index in [2.05, 4.69) is 0 Å². The largest absolute Gasteiger partial charge is 0.493 e. The van der Waals surface area contributed by atoms with Gasteiger partial charge >= 0.3 is 0 Å². The van der Waals surface area contributed by atoms with Gasteiger partial charge in [-0.05, 0) is 53.8 Å². The van der Waals surface area contributed by atoms with E-state index in [1.54, 1.807) is 6.07 Å². The molecule has 0 aliphatic carbocycles. The molecule has 4 heteroatoms. The van der Waals surface area contributed by atoms with Gasteiger partial charge in [-0.1, -0.05) is 12.1 Å². The van der Waals surface area contributed by atoms with Crippen LogP contribution in [0.25, 0.3) is 0 Å². The third kappa shape index (κ3) is 2.39. The minimum absolute atomic E-state index is 0.334. The Morgan fingerprint density at radius 3 is 2.55 bits per heavy atom. The van der Waals surface area contributed by atoms with Crippen LogP contribution >= 0.6 is 0 Å². The molecule has 1 atom stereocenters. The summed E-state index contributed by atoms with van der Waals surface area (Å²) < 4.78 is 31.6. The molecule has 3 rings (SSSR count). The van der Waals surface area contributed by atoms with Crippen LogP contribution in [0.3, 0.4) is 0 Å². The molecule has 2 nitrogen and oxygen atoms in total. The van der Waals surface area contributed by atoms with Gasteiger partial charge in [-0.15, -0.1) is 0 Å². The Balaban J connectivity index is 1.93. The number of hydrogen-bond acceptors (Lipinski definition) is 2. The van der Waals surface area contributed by atoms with Crippen molar-refractivity contribution in [1.29, 1.82) is 0 Å². The Hall–Kier alpha value is -1.94. The molecular formula is C16H14F2O2. The Kier molecular flexibility index (Phi) is 3.40. The lowest BCUT2D eigenvalue weighted by molar-refractivity contribution is 0.218. The van der Waals surface area contributed by atoms with Crippen molar-refractivity contribution in [3.63, 3.8) is 0 Å². The summed E-state index contributed by atoms with van der Waals surface area (Å²) in [7, 11) is 0. The van der Waals surface area contributed by atoms with Crippen LogP contribution in [0, 0.1) is 11.6 Å². The van der Waals surface area contributed by atoms with E-state index in [-0.39, 0.29) is 0 Å². The third-order valence-electron chi connectivity index (χ3n) is 3.51. The fraction of sp³-hybridized carbons (Fsp3) is 0.250. The molecule has 0 radical (unpaired) electrons. The highest BCUT2D eigenvalue weighted by Gasteiger charge is 2.16. The maximum Gasteiger partial charge on any atom is 0.159 e. The highest BCUT2D eigenvalue weighted by Crippen LogP contribution is 2.30. The molecule has 0 aromatic heterocycles. The Bertz CT molecular complexity index is 640. The summed E-state index contributed by atoms with van der Waals surface area (Å²) in [5.41, 5.74) is 2.02. The highest BCUT2D eigenvalue weighted by atomic mass is 19.2. The first-order valence-corrected chi connectivity index (χ1v) is 6.54. The van der Waals surface area contributed by atoms with Crippen LogP contribution in [0.5, 0.6) is 5.75 Å². The second kappa shape index (κ2) is 5.21. The molecule has 0 spiro atoms. The Morgan fingerprint density at radius 2 is 1.75 bits per heavy atom. The maximum atomic E-state index is 13.2. The number of aliphatic hydroxyl groups is 1. The fourth-order valence-corrected chi connectivity index (χ4v) is 2.43. The third-order valence-corrected chi connectivity index (χ3v) is 3.51. The molecule has 1 heterocycles. The molecule has 0 bridgehead atoms. The van der Waals surface area contributed by atoms with Gasteiger partial charge in [0.1, 0.15) is 11.9 Å². The van der Waals surface area contributed by atoms with Crippen LogP contribution in [0.1, 0.15) is 29.2 Å². The van der Waals surface area contributed by atoms with Gasteiger partial charge in [0.25, 0.3) is 0 Å². The summed E-state index contributed by atoms with van der Waals surface area (Å²) in [4.78, 5) is 0. The SMILES string of the molecule is OC(c1ccc(F)c(F)c1)c1ccc2c(c1)CCCO2. The Morgan fingerprint density at radius 1 is 1.00 bits per heavy atom. The molecule has 0 fully saturated rings. The summed E-state index contributed by atoms with van der Waals surface area (Å²) in [6.45, 7) is 0.706. The number of hydrogen-bond donors (Lipinski definition) is 1. The van der Waals surface area contributed by atoms with Crippen LogP contribution in [-0.2, 0) is 6.42 Å². The number of aliphatic hydroxyl groups excluding tert-OH is 1. The summed E-state index contributed by atoms with van der Waals surface area (Å²) in [6, 6.07) is 8.85. The molecule has 1 aliphatic rings. The van der Waals surface area contributed by atoms with E-state index in [4.69, 9.17) is 4.74 Å². The van der Waals surface area contributed by atoms with Crippen molar-refractivity contribution < 1.29 is 18.6 Å². The van der Waals surface area contributed by atoms with E-state index in [0.29, 0.717) is 17.7 Å². The number of aryl methyl sites for hydroxylation is 1. The van der Waals surface area contributed by atoms with Crippen molar-refractivity contribution in [2.24, 2.45) is 0 Å². The first-order valence-electron chi connectivity index (χ1n) is 6.54. The standard InChI is InChI=1S/C16H14F2O2/c17-13-5-3-12(9-14(13)18)16(19)11-4-6-15-10(8-11)2-1-7-20-15/h3-6,8-9,16,19H,1-2,7H2. The first kappa shape index (κ1) is 13.1. The van der Waals surface area contributed by atoms with E-state index < -0.39 is 17.7 Å². The number of fused-ring (bicyclic) bond motifs is 1. The zero-order valence-electron chi connectivity index (χ0n) is 10.8. The minimum Gasteiger partial charge on any atom is -0.493 e. The van der Waals surface area contributed by atoms with E-state index in [1.807, 2.05) is 12.1 Å². The molecule has 1 N–H and O–H groups in total. The van der Waals surface area contributed by atoms with Gasteiger partial charge in [0.2, 0.25) is 0 Å². The zero-order valence-corrected chi connectivity index (χ0v) is 10.8. The van der Waals surface area contributed by atoms with Gasteiger partial charge in [0.15, 0.2) is 11.6 Å². The lowest BCUT2D eigenvalue weighted by Crippen LogP contribution is -2.09. The second-order valence-corrected chi connectivity index (χ2v) is 4.90. The fourth-order valence-electron chi connectivity index (χ4n) is 2.43. The first-order chi connectivity index (χ1) is 9.65. The van der Waals surface area contributed by atoms with Crippen molar-refractivity contribution in [1.82, 2.24) is 0 Å². The second-order valence-electron chi connectivity index (χ2n) is 4.90. The smallest absolute Gasteiger partial charge is 0.159 e. The van der Waals surface area contributed by atoms with Gasteiger partial charge in [0.05, 0.1) is 6.61 Å². The maximum absolute atomic E-state index is 13.2. The van der Waals surface area contributed by atoms with Crippen LogP contribution in [-0.4, -0.2) is 11.7 Å². The lowest BCUT2D eigenvalue weighted by Gasteiger charge is -2.19. The van der Waals surface area contributed by atoms with Crippen LogP contribution in [0.15, 0.2) is 36.4 Å². The quantitative estimate of drug-likeness (QED) is 0.911. The molecular weight excluding hydrogens is 262 g/mol. The van der Waals surface area contributed by atoms with Crippen LogP contribution in [0.4, 0.5) is 8.78 Å². The van der Waals surface area contributed by atoms with Crippen molar-refractivity contribution in [2.75, 3.05) is 6.61 Å². The number of benzene rings is 2. The summed E-state index contributed by atoms with van der Waals surface area (Å²) in [5.74, 6) is -1.04. The summed E-state index contributed by atoms with van der Waals surface area (Å²) in [6.07, 6.45) is 0.864. The number of rotatable bonds is 2. The van der Waals surface area contributed by atoms with Crippen molar-refractivity contribution >= 4 is 0 Å². The molecule has 2 aromatic rings. The lowest BCUT2D eigenvalue weighted by atomic mass is 9.97. The molecule has 20 heavy (non-hydrogen) atoms. The predicted molar refractivity (Wildman–Crippen MR) is 70.7 cm³/mol. The number of halogens is 2. The molecule has 1 unspecified atom stereocenters. The van der Waals surface area contributed by atoms with Gasteiger partial charge in [-0.2, -0.15) is 0 Å². The zero-order chi connectivity index (χ0) is 14.1. The van der Waals surface area contributed by atoms with Crippen molar-refractivity contribution in [3.8, 4) is 5.75 Å². The molecule has 1 aliphatic heterocycles. The van der Waals surface area contributed by atoms with Crippen LogP contribution < -0.4 is 4.74 Å². The summed E-state index contributed by atoms with van der Waals surface area (Å²) in [5, 5.41) is 10.3. The highest BCUT2D eigenvalue weighted by molar-refractivity contribution is 5.41.